The molecular weight excluding hydrogens is 384 g/mol. The fourth-order valence-electron chi connectivity index (χ4n) is 2.49. The first-order valence-electron chi connectivity index (χ1n) is 8.89. The van der Waals surface area contributed by atoms with Crippen LogP contribution in [-0.4, -0.2) is 34.7 Å². The molecule has 0 bridgehead atoms. The Morgan fingerprint density at radius 1 is 0.852 bits per heavy atom. The maximum Gasteiger partial charge on any atom is 0.261 e. The minimum Gasteiger partial charge on any atom is -0.280 e. The number of nitrogens with one attached hydrogen (secondary N) is 1. The van der Waals surface area contributed by atoms with Crippen LogP contribution in [0.2, 0.25) is 0 Å². The van der Waals surface area contributed by atoms with E-state index in [2.05, 4.69) is 4.72 Å². The van der Waals surface area contributed by atoms with Gasteiger partial charge >= 0.3 is 0 Å². The monoisotopic (exact) mass is 410 g/mol. The van der Waals surface area contributed by atoms with Gasteiger partial charge in [0, 0.05) is 19.3 Å². The summed E-state index contributed by atoms with van der Waals surface area (Å²) in [4.78, 5) is 0.298. The average molecular weight is 411 g/mol. The summed E-state index contributed by atoms with van der Waals surface area (Å²) in [6.07, 6.45) is 2.51. The molecule has 2 aromatic rings. The molecule has 2 aromatic carbocycles. The standard InChI is InChI=1S/C19H26N2O4S2/c1-4-6-15-21(3)27(24,25)19-13-9-17(10-14-19)20-26(22,23)18-11-7-16(5-2)8-12-18/h7-14,20H,4-6,15H2,1-3H3. The Labute approximate surface area is 162 Å². The van der Waals surface area contributed by atoms with Crippen molar-refractivity contribution in [2.24, 2.45) is 0 Å². The lowest BCUT2D eigenvalue weighted by Gasteiger charge is -2.17. The van der Waals surface area contributed by atoms with Crippen LogP contribution in [-0.2, 0) is 26.5 Å². The second-order valence-corrected chi connectivity index (χ2v) is 10.0. The van der Waals surface area contributed by atoms with E-state index >= 15 is 0 Å². The van der Waals surface area contributed by atoms with Gasteiger partial charge in [-0.2, -0.15) is 0 Å². The number of anilines is 1. The maximum atomic E-state index is 12.5. The minimum absolute atomic E-state index is 0.136. The van der Waals surface area contributed by atoms with Crippen LogP contribution in [0.3, 0.4) is 0 Å². The van der Waals surface area contributed by atoms with Crippen molar-refractivity contribution in [2.45, 2.75) is 42.9 Å². The lowest BCUT2D eigenvalue weighted by atomic mass is 10.2. The zero-order valence-electron chi connectivity index (χ0n) is 15.8. The van der Waals surface area contributed by atoms with Crippen LogP contribution >= 0.6 is 0 Å². The summed E-state index contributed by atoms with van der Waals surface area (Å²) in [6, 6.07) is 12.4. The highest BCUT2D eigenvalue weighted by molar-refractivity contribution is 7.92. The van der Waals surface area contributed by atoms with Crippen molar-refractivity contribution < 1.29 is 16.8 Å². The third-order valence-electron chi connectivity index (χ3n) is 4.28. The number of aryl methyl sites for hydroxylation is 1. The van der Waals surface area contributed by atoms with E-state index in [-0.39, 0.29) is 9.79 Å². The van der Waals surface area contributed by atoms with Crippen LogP contribution in [0.5, 0.6) is 0 Å². The lowest BCUT2D eigenvalue weighted by molar-refractivity contribution is 0.459. The smallest absolute Gasteiger partial charge is 0.261 e. The van der Waals surface area contributed by atoms with Gasteiger partial charge in [0.2, 0.25) is 10.0 Å². The Bertz CT molecular complexity index is 952. The fraction of sp³-hybridized carbons (Fsp3) is 0.368. The van der Waals surface area contributed by atoms with E-state index in [1.807, 2.05) is 13.8 Å². The van der Waals surface area contributed by atoms with Crippen molar-refractivity contribution in [3.05, 3.63) is 54.1 Å². The van der Waals surface area contributed by atoms with Crippen LogP contribution in [0.4, 0.5) is 5.69 Å². The summed E-state index contributed by atoms with van der Waals surface area (Å²) in [6.45, 7) is 4.44. The molecule has 0 atom stereocenters. The molecule has 0 saturated heterocycles. The Morgan fingerprint density at radius 2 is 1.41 bits per heavy atom. The molecular formula is C19H26N2O4S2. The predicted molar refractivity (Wildman–Crippen MR) is 108 cm³/mol. The number of hydrogen-bond acceptors (Lipinski definition) is 4. The fourth-order valence-corrected chi connectivity index (χ4v) is 4.76. The molecule has 0 fully saturated rings. The number of benzene rings is 2. The topological polar surface area (TPSA) is 83.6 Å². The summed E-state index contributed by atoms with van der Waals surface area (Å²) < 4.78 is 53.7. The van der Waals surface area contributed by atoms with E-state index in [4.69, 9.17) is 0 Å². The van der Waals surface area contributed by atoms with Crippen LogP contribution < -0.4 is 4.72 Å². The molecule has 6 nitrogen and oxygen atoms in total. The molecule has 27 heavy (non-hydrogen) atoms. The quantitative estimate of drug-likeness (QED) is 0.686. The third-order valence-corrected chi connectivity index (χ3v) is 7.55. The molecule has 1 N–H and O–H groups in total. The van der Waals surface area contributed by atoms with Gasteiger partial charge in [-0.3, -0.25) is 4.72 Å². The first kappa shape index (κ1) is 21.4. The molecule has 2 rings (SSSR count). The van der Waals surface area contributed by atoms with Gasteiger partial charge in [0.25, 0.3) is 10.0 Å². The van der Waals surface area contributed by atoms with Gasteiger partial charge in [-0.05, 0) is 54.8 Å². The van der Waals surface area contributed by atoms with Gasteiger partial charge in [-0.15, -0.1) is 0 Å². The molecule has 148 valence electrons. The Morgan fingerprint density at radius 3 is 1.93 bits per heavy atom. The van der Waals surface area contributed by atoms with Gasteiger partial charge in [-0.1, -0.05) is 32.4 Å². The van der Waals surface area contributed by atoms with Crippen LogP contribution in [0.1, 0.15) is 32.3 Å². The highest BCUT2D eigenvalue weighted by Crippen LogP contribution is 2.21. The summed E-state index contributed by atoms with van der Waals surface area (Å²) in [5, 5.41) is 0. The number of sulfonamides is 2. The van der Waals surface area contributed by atoms with Crippen LogP contribution in [0, 0.1) is 0 Å². The lowest BCUT2D eigenvalue weighted by Crippen LogP contribution is -2.27. The molecule has 0 aromatic heterocycles. The highest BCUT2D eigenvalue weighted by Gasteiger charge is 2.20. The summed E-state index contributed by atoms with van der Waals surface area (Å²) in [5.41, 5.74) is 1.36. The molecule has 0 aliphatic heterocycles. The van der Waals surface area contributed by atoms with Crippen LogP contribution in [0.25, 0.3) is 0 Å². The summed E-state index contributed by atoms with van der Waals surface area (Å²) >= 11 is 0. The molecule has 0 aliphatic carbocycles. The molecule has 0 aliphatic rings. The Kier molecular flexibility index (Phi) is 7.02. The number of unbranched alkanes of at least 4 members (excludes halogenated alkanes) is 1. The molecule has 0 radical (unpaired) electrons. The zero-order chi connectivity index (χ0) is 20.1. The second-order valence-electron chi connectivity index (χ2n) is 6.31. The SMILES string of the molecule is CCCCN(C)S(=O)(=O)c1ccc(NS(=O)(=O)c2ccc(CC)cc2)cc1. The maximum absolute atomic E-state index is 12.5. The molecule has 0 heterocycles. The Balaban J connectivity index is 2.17. The molecule has 0 unspecified atom stereocenters. The van der Waals surface area contributed by atoms with E-state index in [9.17, 15) is 16.8 Å². The third kappa shape index (κ3) is 5.31. The van der Waals surface area contributed by atoms with Crippen LogP contribution in [0.15, 0.2) is 58.3 Å². The van der Waals surface area contributed by atoms with Crippen molar-refractivity contribution >= 4 is 25.7 Å². The van der Waals surface area contributed by atoms with Crippen molar-refractivity contribution in [1.82, 2.24) is 4.31 Å². The van der Waals surface area contributed by atoms with E-state index in [0.717, 1.165) is 24.8 Å². The molecule has 0 amide bonds. The molecule has 0 saturated carbocycles. The number of hydrogen-bond donors (Lipinski definition) is 1. The van der Waals surface area contributed by atoms with Gasteiger partial charge in [-0.25, -0.2) is 21.1 Å². The summed E-state index contributed by atoms with van der Waals surface area (Å²) in [5.74, 6) is 0. The second kappa shape index (κ2) is 8.86. The first-order valence-corrected chi connectivity index (χ1v) is 11.8. The predicted octanol–water partition coefficient (Wildman–Crippen LogP) is 3.47. The highest BCUT2D eigenvalue weighted by atomic mass is 32.2. The van der Waals surface area contributed by atoms with Gasteiger partial charge in [0.05, 0.1) is 9.79 Å². The zero-order valence-corrected chi connectivity index (χ0v) is 17.5. The van der Waals surface area contributed by atoms with Crippen molar-refractivity contribution in [1.29, 1.82) is 0 Å². The van der Waals surface area contributed by atoms with E-state index in [1.54, 1.807) is 31.3 Å². The molecule has 8 heteroatoms. The first-order chi connectivity index (χ1) is 12.7. The van der Waals surface area contributed by atoms with Crippen molar-refractivity contribution in [3.8, 4) is 0 Å². The largest absolute Gasteiger partial charge is 0.280 e. The average Bonchev–Trinajstić information content (AvgIpc) is 2.66. The molecule has 0 spiro atoms. The summed E-state index contributed by atoms with van der Waals surface area (Å²) in [7, 11) is -5.76. The number of rotatable bonds is 9. The van der Waals surface area contributed by atoms with Crippen molar-refractivity contribution in [3.63, 3.8) is 0 Å². The van der Waals surface area contributed by atoms with E-state index < -0.39 is 20.0 Å². The normalized spacial score (nSPS) is 12.3. The van der Waals surface area contributed by atoms with Crippen molar-refractivity contribution in [2.75, 3.05) is 18.3 Å². The Hall–Kier alpha value is -1.90. The number of nitrogens with zero attached hydrogens (tertiary/aromatic N) is 1. The van der Waals surface area contributed by atoms with Gasteiger partial charge < -0.3 is 0 Å². The minimum atomic E-state index is -3.72. The van der Waals surface area contributed by atoms with E-state index in [0.29, 0.717) is 12.2 Å². The van der Waals surface area contributed by atoms with Gasteiger partial charge in [0.15, 0.2) is 0 Å². The van der Waals surface area contributed by atoms with Gasteiger partial charge in [0.1, 0.15) is 0 Å². The van der Waals surface area contributed by atoms with E-state index in [1.165, 1.54) is 28.6 Å².